The number of carbonyl (C=O) groups is 1. The molecule has 0 radical (unpaired) electrons. The third kappa shape index (κ3) is 3.56. The van der Waals surface area contributed by atoms with Gasteiger partial charge < -0.3 is 4.90 Å². The van der Waals surface area contributed by atoms with Gasteiger partial charge in [0, 0.05) is 22.2 Å². The normalized spacial score (nSPS) is 23.7. The van der Waals surface area contributed by atoms with Gasteiger partial charge in [-0.3, -0.25) is 4.90 Å². The van der Waals surface area contributed by atoms with Gasteiger partial charge in [-0.2, -0.15) is 0 Å². The second kappa shape index (κ2) is 7.04. The maximum atomic E-state index is 13.2. The minimum absolute atomic E-state index is 0.00399. The molecule has 2 fully saturated rings. The van der Waals surface area contributed by atoms with Crippen molar-refractivity contribution in [2.75, 3.05) is 22.7 Å². The van der Waals surface area contributed by atoms with Crippen LogP contribution in [0.3, 0.4) is 0 Å². The van der Waals surface area contributed by atoms with Crippen LogP contribution in [0.4, 0.5) is 10.5 Å². The summed E-state index contributed by atoms with van der Waals surface area (Å²) in [6.45, 7) is 0.366. The van der Waals surface area contributed by atoms with Gasteiger partial charge in [-0.1, -0.05) is 29.8 Å². The smallest absolute Gasteiger partial charge is 0.314 e. The van der Waals surface area contributed by atoms with Crippen molar-refractivity contribution in [1.82, 2.24) is 4.90 Å². The lowest BCUT2D eigenvalue weighted by atomic mass is 10.1. The largest absolute Gasteiger partial charge is 0.325 e. The number of hydrogen-bond donors (Lipinski definition) is 0. The first-order valence-electron chi connectivity index (χ1n) is 8.57. The lowest BCUT2D eigenvalue weighted by Crippen LogP contribution is -2.37. The highest BCUT2D eigenvalue weighted by Gasteiger charge is 2.53. The van der Waals surface area contributed by atoms with E-state index in [0.29, 0.717) is 11.6 Å². The number of rotatable bonds is 4. The Balaban J connectivity index is 1.70. The molecule has 0 bridgehead atoms. The fraction of sp³-hybridized carbons (Fsp3) is 0.316. The standard InChI is InChI=1S/C19H19ClN2O3S2/c1-26-16-4-2-3-15(9-16)22-18-12-27(24,25)11-17(18)21(19(22)23)10-13-5-7-14(20)8-6-13/h2-9,17-18H,10-12H2,1H3/t17-,18+/m0/s1. The van der Waals surface area contributed by atoms with E-state index in [0.717, 1.165) is 16.1 Å². The molecule has 2 saturated heterocycles. The molecule has 2 atom stereocenters. The van der Waals surface area contributed by atoms with Crippen molar-refractivity contribution in [2.24, 2.45) is 0 Å². The number of sulfone groups is 1. The van der Waals surface area contributed by atoms with Crippen LogP contribution in [0, 0.1) is 0 Å². The molecular formula is C19H19ClN2O3S2. The number of nitrogens with zero attached hydrogens (tertiary/aromatic N) is 2. The van der Waals surface area contributed by atoms with E-state index >= 15 is 0 Å². The molecule has 27 heavy (non-hydrogen) atoms. The summed E-state index contributed by atoms with van der Waals surface area (Å²) >= 11 is 7.54. The zero-order valence-electron chi connectivity index (χ0n) is 14.7. The Hall–Kier alpha value is -1.70. The molecule has 2 aliphatic heterocycles. The minimum atomic E-state index is -3.18. The van der Waals surface area contributed by atoms with Crippen LogP contribution in [0.15, 0.2) is 53.4 Å². The minimum Gasteiger partial charge on any atom is -0.314 e. The molecule has 0 unspecified atom stereocenters. The van der Waals surface area contributed by atoms with Crippen molar-refractivity contribution >= 4 is 44.9 Å². The number of benzene rings is 2. The summed E-state index contributed by atoms with van der Waals surface area (Å²) in [6, 6.07) is 14.1. The maximum Gasteiger partial charge on any atom is 0.325 e. The van der Waals surface area contributed by atoms with Crippen molar-refractivity contribution in [2.45, 2.75) is 23.5 Å². The molecule has 0 aliphatic carbocycles. The molecule has 142 valence electrons. The average Bonchev–Trinajstić information content (AvgIpc) is 3.07. The van der Waals surface area contributed by atoms with Gasteiger partial charge in [0.25, 0.3) is 0 Å². The fourth-order valence-corrected chi connectivity index (χ4v) is 6.34. The third-order valence-corrected chi connectivity index (χ3v) is 7.75. The van der Waals surface area contributed by atoms with Crippen LogP contribution in [-0.4, -0.2) is 49.2 Å². The first-order chi connectivity index (χ1) is 12.9. The topological polar surface area (TPSA) is 57.7 Å². The zero-order valence-corrected chi connectivity index (χ0v) is 17.1. The second-order valence-electron chi connectivity index (χ2n) is 6.82. The summed E-state index contributed by atoms with van der Waals surface area (Å²) in [7, 11) is -3.18. The van der Waals surface area contributed by atoms with Crippen molar-refractivity contribution in [3.63, 3.8) is 0 Å². The van der Waals surface area contributed by atoms with E-state index in [1.807, 2.05) is 42.7 Å². The molecule has 0 spiro atoms. The van der Waals surface area contributed by atoms with Crippen molar-refractivity contribution in [1.29, 1.82) is 0 Å². The van der Waals surface area contributed by atoms with Gasteiger partial charge in [0.1, 0.15) is 0 Å². The van der Waals surface area contributed by atoms with Crippen LogP contribution in [0.2, 0.25) is 5.02 Å². The number of urea groups is 1. The molecule has 2 aromatic rings. The molecule has 2 aromatic carbocycles. The molecule has 2 aliphatic rings. The molecule has 0 aromatic heterocycles. The van der Waals surface area contributed by atoms with Gasteiger partial charge in [0.05, 0.1) is 23.6 Å². The molecule has 2 amide bonds. The summed E-state index contributed by atoms with van der Waals surface area (Å²) in [4.78, 5) is 17.6. The summed E-state index contributed by atoms with van der Waals surface area (Å²) in [6.07, 6.45) is 1.97. The Morgan fingerprint density at radius 3 is 2.52 bits per heavy atom. The zero-order chi connectivity index (χ0) is 19.2. The number of anilines is 1. The van der Waals surface area contributed by atoms with Crippen molar-refractivity contribution in [3.8, 4) is 0 Å². The first-order valence-corrected chi connectivity index (χ1v) is 12.0. The van der Waals surface area contributed by atoms with E-state index in [1.54, 1.807) is 33.7 Å². The lowest BCUT2D eigenvalue weighted by Gasteiger charge is -2.23. The SMILES string of the molecule is CSc1cccc(N2C(=O)N(Cc3ccc(Cl)cc3)[C@H]3CS(=O)(=O)C[C@H]32)c1. The molecule has 2 heterocycles. The number of fused-ring (bicyclic) bond motifs is 1. The number of halogens is 1. The number of hydrogen-bond acceptors (Lipinski definition) is 4. The van der Waals surface area contributed by atoms with Crippen LogP contribution in [0.5, 0.6) is 0 Å². The molecule has 4 rings (SSSR count). The van der Waals surface area contributed by atoms with E-state index in [4.69, 9.17) is 11.6 Å². The van der Waals surface area contributed by atoms with Gasteiger partial charge in [-0.25, -0.2) is 13.2 Å². The van der Waals surface area contributed by atoms with Gasteiger partial charge in [0.2, 0.25) is 0 Å². The van der Waals surface area contributed by atoms with Gasteiger partial charge >= 0.3 is 6.03 Å². The number of carbonyl (C=O) groups excluding carboxylic acids is 1. The Morgan fingerprint density at radius 2 is 1.81 bits per heavy atom. The Morgan fingerprint density at radius 1 is 1.11 bits per heavy atom. The quantitative estimate of drug-likeness (QED) is 0.557. The Labute approximate surface area is 168 Å². The summed E-state index contributed by atoms with van der Waals surface area (Å²) in [5.41, 5.74) is 1.67. The molecular weight excluding hydrogens is 404 g/mol. The van der Waals surface area contributed by atoms with Crippen LogP contribution in [0.25, 0.3) is 0 Å². The highest BCUT2D eigenvalue weighted by Crippen LogP contribution is 2.37. The van der Waals surface area contributed by atoms with Crippen molar-refractivity contribution in [3.05, 3.63) is 59.1 Å². The molecule has 0 saturated carbocycles. The van der Waals surface area contributed by atoms with Crippen molar-refractivity contribution < 1.29 is 13.2 Å². The van der Waals surface area contributed by atoms with Gasteiger partial charge in [-0.05, 0) is 42.2 Å². The van der Waals surface area contributed by atoms with Gasteiger partial charge in [0.15, 0.2) is 9.84 Å². The number of thioether (sulfide) groups is 1. The predicted molar refractivity (Wildman–Crippen MR) is 109 cm³/mol. The van der Waals surface area contributed by atoms with E-state index < -0.39 is 9.84 Å². The van der Waals surface area contributed by atoms with Crippen LogP contribution in [0.1, 0.15) is 5.56 Å². The molecule has 5 nitrogen and oxygen atoms in total. The summed E-state index contributed by atoms with van der Waals surface area (Å²) < 4.78 is 24.6. The maximum absolute atomic E-state index is 13.2. The second-order valence-corrected chi connectivity index (χ2v) is 10.3. The van der Waals surface area contributed by atoms with E-state index in [9.17, 15) is 13.2 Å². The summed E-state index contributed by atoms with van der Waals surface area (Å²) in [5, 5.41) is 0.628. The highest BCUT2D eigenvalue weighted by molar-refractivity contribution is 7.98. The van der Waals surface area contributed by atoms with Crippen LogP contribution < -0.4 is 4.90 Å². The number of amides is 2. The van der Waals surface area contributed by atoms with Crippen LogP contribution in [-0.2, 0) is 16.4 Å². The summed E-state index contributed by atoms with van der Waals surface area (Å²) in [5.74, 6) is 0.0136. The monoisotopic (exact) mass is 422 g/mol. The van der Waals surface area contributed by atoms with E-state index in [1.165, 1.54) is 0 Å². The highest BCUT2D eigenvalue weighted by atomic mass is 35.5. The lowest BCUT2D eigenvalue weighted by molar-refractivity contribution is 0.206. The van der Waals surface area contributed by atoms with E-state index in [-0.39, 0.29) is 29.6 Å². The third-order valence-electron chi connectivity index (χ3n) is 5.07. The average molecular weight is 423 g/mol. The predicted octanol–water partition coefficient (Wildman–Crippen LogP) is 3.67. The van der Waals surface area contributed by atoms with E-state index in [2.05, 4.69) is 0 Å². The Bertz CT molecular complexity index is 979. The van der Waals surface area contributed by atoms with Crippen LogP contribution >= 0.6 is 23.4 Å². The molecule has 8 heteroatoms. The fourth-order valence-electron chi connectivity index (χ4n) is 3.81. The van der Waals surface area contributed by atoms with Gasteiger partial charge in [-0.15, -0.1) is 11.8 Å². The molecule has 0 N–H and O–H groups in total. The Kier molecular flexibility index (Phi) is 4.86. The first kappa shape index (κ1) is 18.7.